The molecule has 2 rings (SSSR count). The lowest BCUT2D eigenvalue weighted by atomic mass is 10.2. The van der Waals surface area contributed by atoms with Crippen LogP contribution in [-0.2, 0) is 0 Å². The zero-order valence-corrected chi connectivity index (χ0v) is 15.6. The minimum atomic E-state index is -0.230. The van der Waals surface area contributed by atoms with Crippen LogP contribution in [0, 0.1) is 0 Å². The van der Waals surface area contributed by atoms with E-state index in [-0.39, 0.29) is 5.91 Å². The van der Waals surface area contributed by atoms with E-state index in [9.17, 15) is 4.79 Å². The number of methoxy groups -OCH3 is 2. The van der Waals surface area contributed by atoms with E-state index in [1.165, 1.54) is 6.33 Å². The molecular formula is C18H25N5O3. The third-order valence-corrected chi connectivity index (χ3v) is 3.64. The number of carbonyl (C=O) groups is 1. The number of nitrogens with zero attached hydrogens (tertiary/aromatic N) is 3. The lowest BCUT2D eigenvalue weighted by Gasteiger charge is -2.13. The number of nitrogens with one attached hydrogen (secondary N) is 2. The van der Waals surface area contributed by atoms with Gasteiger partial charge in [-0.3, -0.25) is 4.79 Å². The first-order valence-corrected chi connectivity index (χ1v) is 8.27. The van der Waals surface area contributed by atoms with Gasteiger partial charge >= 0.3 is 0 Å². The van der Waals surface area contributed by atoms with Crippen LogP contribution in [0.2, 0.25) is 0 Å². The van der Waals surface area contributed by atoms with Gasteiger partial charge in [-0.1, -0.05) is 0 Å². The predicted molar refractivity (Wildman–Crippen MR) is 100 cm³/mol. The Kier molecular flexibility index (Phi) is 7.16. The first kappa shape index (κ1) is 19.5. The van der Waals surface area contributed by atoms with Crippen molar-refractivity contribution in [3.05, 3.63) is 36.3 Å². The van der Waals surface area contributed by atoms with Crippen LogP contribution in [0.3, 0.4) is 0 Å². The molecule has 1 heterocycles. The van der Waals surface area contributed by atoms with Gasteiger partial charge in [0.2, 0.25) is 0 Å². The van der Waals surface area contributed by atoms with Crippen LogP contribution >= 0.6 is 0 Å². The van der Waals surface area contributed by atoms with Crippen molar-refractivity contribution >= 4 is 17.4 Å². The molecular weight excluding hydrogens is 334 g/mol. The van der Waals surface area contributed by atoms with Crippen molar-refractivity contribution in [2.45, 2.75) is 6.42 Å². The third kappa shape index (κ3) is 5.59. The van der Waals surface area contributed by atoms with E-state index in [4.69, 9.17) is 9.47 Å². The van der Waals surface area contributed by atoms with Gasteiger partial charge in [-0.05, 0) is 39.2 Å². The van der Waals surface area contributed by atoms with Crippen molar-refractivity contribution in [2.24, 2.45) is 0 Å². The van der Waals surface area contributed by atoms with E-state index in [0.29, 0.717) is 35.2 Å². The molecule has 0 unspecified atom stereocenters. The average molecular weight is 359 g/mol. The minimum Gasteiger partial charge on any atom is -0.497 e. The van der Waals surface area contributed by atoms with E-state index >= 15 is 0 Å². The summed E-state index contributed by atoms with van der Waals surface area (Å²) in [5.74, 6) is 1.58. The van der Waals surface area contributed by atoms with Gasteiger partial charge in [-0.15, -0.1) is 0 Å². The molecule has 0 saturated carbocycles. The number of benzene rings is 1. The molecule has 2 N–H and O–H groups in total. The second-order valence-electron chi connectivity index (χ2n) is 5.89. The summed E-state index contributed by atoms with van der Waals surface area (Å²) in [6.07, 6.45) is 2.22. The van der Waals surface area contributed by atoms with E-state index in [1.807, 2.05) is 14.1 Å². The fourth-order valence-corrected chi connectivity index (χ4v) is 2.29. The Morgan fingerprint density at radius 1 is 1.15 bits per heavy atom. The monoisotopic (exact) mass is 359 g/mol. The Balaban J connectivity index is 2.06. The fraction of sp³-hybridized carbons (Fsp3) is 0.389. The van der Waals surface area contributed by atoms with E-state index in [1.54, 1.807) is 38.5 Å². The Morgan fingerprint density at radius 3 is 2.65 bits per heavy atom. The van der Waals surface area contributed by atoms with Crippen LogP contribution < -0.4 is 20.1 Å². The van der Waals surface area contributed by atoms with Gasteiger partial charge in [0.05, 0.1) is 19.9 Å². The van der Waals surface area contributed by atoms with Crippen LogP contribution in [-0.4, -0.2) is 62.2 Å². The van der Waals surface area contributed by atoms with Crippen LogP contribution in [0.15, 0.2) is 30.6 Å². The molecule has 140 valence electrons. The molecule has 0 spiro atoms. The topological polar surface area (TPSA) is 88.6 Å². The highest BCUT2D eigenvalue weighted by atomic mass is 16.5. The first-order chi connectivity index (χ1) is 12.5. The van der Waals surface area contributed by atoms with Crippen molar-refractivity contribution in [1.82, 2.24) is 20.2 Å². The fourth-order valence-electron chi connectivity index (χ4n) is 2.29. The smallest absolute Gasteiger partial charge is 0.270 e. The zero-order chi connectivity index (χ0) is 18.9. The molecule has 0 atom stereocenters. The van der Waals surface area contributed by atoms with Gasteiger partial charge in [-0.2, -0.15) is 0 Å². The van der Waals surface area contributed by atoms with Crippen molar-refractivity contribution in [3.63, 3.8) is 0 Å². The van der Waals surface area contributed by atoms with Crippen LogP contribution in [0.5, 0.6) is 11.5 Å². The molecule has 1 amide bonds. The number of carbonyl (C=O) groups excluding carboxylic acids is 1. The zero-order valence-electron chi connectivity index (χ0n) is 15.6. The standard InChI is InChI=1S/C18H25N5O3/c1-23(2)9-5-8-19-18(24)15-11-17(21-12-20-15)22-14-10-13(25-3)6-7-16(14)26-4/h6-7,10-12H,5,8-9H2,1-4H3,(H,19,24)(H,20,21,22). The van der Waals surface area contributed by atoms with E-state index in [0.717, 1.165) is 13.0 Å². The molecule has 0 bridgehead atoms. The number of anilines is 2. The summed E-state index contributed by atoms with van der Waals surface area (Å²) < 4.78 is 10.6. The summed E-state index contributed by atoms with van der Waals surface area (Å²) in [4.78, 5) is 22.5. The molecule has 1 aromatic carbocycles. The SMILES string of the molecule is COc1ccc(OC)c(Nc2cc(C(=O)NCCCN(C)C)ncn2)c1. The third-order valence-electron chi connectivity index (χ3n) is 3.64. The van der Waals surface area contributed by atoms with Gasteiger partial charge in [0, 0.05) is 18.7 Å². The number of amides is 1. The molecule has 0 radical (unpaired) electrons. The summed E-state index contributed by atoms with van der Waals surface area (Å²) in [6.45, 7) is 1.50. The maximum Gasteiger partial charge on any atom is 0.270 e. The second-order valence-corrected chi connectivity index (χ2v) is 5.89. The molecule has 2 aromatic rings. The molecule has 0 aliphatic carbocycles. The van der Waals surface area contributed by atoms with Crippen LogP contribution in [0.25, 0.3) is 0 Å². The van der Waals surface area contributed by atoms with Crippen molar-refractivity contribution in [2.75, 3.05) is 46.7 Å². The van der Waals surface area contributed by atoms with Gasteiger partial charge < -0.3 is 25.0 Å². The van der Waals surface area contributed by atoms with E-state index in [2.05, 4.69) is 25.5 Å². The molecule has 0 fully saturated rings. The highest BCUT2D eigenvalue weighted by Crippen LogP contribution is 2.30. The lowest BCUT2D eigenvalue weighted by Crippen LogP contribution is -2.27. The highest BCUT2D eigenvalue weighted by molar-refractivity contribution is 5.93. The van der Waals surface area contributed by atoms with E-state index < -0.39 is 0 Å². The van der Waals surface area contributed by atoms with Crippen molar-refractivity contribution < 1.29 is 14.3 Å². The lowest BCUT2D eigenvalue weighted by molar-refractivity contribution is 0.0947. The average Bonchev–Trinajstić information content (AvgIpc) is 2.65. The molecule has 1 aromatic heterocycles. The van der Waals surface area contributed by atoms with Crippen LogP contribution in [0.4, 0.5) is 11.5 Å². The van der Waals surface area contributed by atoms with Gasteiger partial charge in [0.15, 0.2) is 0 Å². The number of rotatable bonds is 9. The van der Waals surface area contributed by atoms with Gasteiger partial charge in [-0.25, -0.2) is 9.97 Å². The Hall–Kier alpha value is -2.87. The molecule has 8 heteroatoms. The highest BCUT2D eigenvalue weighted by Gasteiger charge is 2.10. The van der Waals surface area contributed by atoms with Gasteiger partial charge in [0.1, 0.15) is 29.3 Å². The summed E-state index contributed by atoms with van der Waals surface area (Å²) in [5, 5.41) is 5.99. The Labute approximate surface area is 153 Å². The minimum absolute atomic E-state index is 0.230. The Morgan fingerprint density at radius 2 is 1.96 bits per heavy atom. The molecule has 8 nitrogen and oxygen atoms in total. The number of hydrogen-bond donors (Lipinski definition) is 2. The van der Waals surface area contributed by atoms with Crippen LogP contribution in [0.1, 0.15) is 16.9 Å². The number of aromatic nitrogens is 2. The maximum atomic E-state index is 12.2. The summed E-state index contributed by atoms with van der Waals surface area (Å²) in [7, 11) is 7.17. The molecule has 0 aliphatic heterocycles. The quantitative estimate of drug-likeness (QED) is 0.661. The normalized spacial score (nSPS) is 10.5. The second kappa shape index (κ2) is 9.57. The van der Waals surface area contributed by atoms with Crippen molar-refractivity contribution in [1.29, 1.82) is 0 Å². The summed E-state index contributed by atoms with van der Waals surface area (Å²) in [5.41, 5.74) is 0.983. The Bertz CT molecular complexity index is 737. The maximum absolute atomic E-state index is 12.2. The first-order valence-electron chi connectivity index (χ1n) is 8.27. The number of ether oxygens (including phenoxy) is 2. The number of hydrogen-bond acceptors (Lipinski definition) is 7. The largest absolute Gasteiger partial charge is 0.497 e. The molecule has 0 aliphatic rings. The molecule has 0 saturated heterocycles. The summed E-state index contributed by atoms with van der Waals surface area (Å²) in [6, 6.07) is 6.99. The van der Waals surface area contributed by atoms with Crippen molar-refractivity contribution in [3.8, 4) is 11.5 Å². The summed E-state index contributed by atoms with van der Waals surface area (Å²) >= 11 is 0. The predicted octanol–water partition coefficient (Wildman–Crippen LogP) is 1.92. The van der Waals surface area contributed by atoms with Gasteiger partial charge in [0.25, 0.3) is 5.91 Å². The molecule has 26 heavy (non-hydrogen) atoms.